The third kappa shape index (κ3) is 5.94. The lowest BCUT2D eigenvalue weighted by Gasteiger charge is -2.30. The Bertz CT molecular complexity index is 680. The van der Waals surface area contributed by atoms with Gasteiger partial charge in [0.1, 0.15) is 12.4 Å². The zero-order valence-corrected chi connectivity index (χ0v) is 17.6. The molecular weight excluding hydrogens is 358 g/mol. The number of carbonyl (C=O) groups excluding carboxylic acids is 2. The largest absolute Gasteiger partial charge is 0.491 e. The van der Waals surface area contributed by atoms with Crippen molar-refractivity contribution in [2.24, 2.45) is 5.92 Å². The highest BCUT2D eigenvalue weighted by atomic mass is 16.5. The monoisotopic (exact) mass is 391 g/mol. The van der Waals surface area contributed by atoms with Crippen molar-refractivity contribution < 1.29 is 19.1 Å². The smallest absolute Gasteiger partial charge is 0.257 e. The van der Waals surface area contributed by atoms with Crippen LogP contribution in [0.25, 0.3) is 0 Å². The fourth-order valence-corrected chi connectivity index (χ4v) is 3.18. The molecule has 1 aromatic rings. The number of nitrogens with one attached hydrogen (secondary N) is 2. The van der Waals surface area contributed by atoms with Crippen molar-refractivity contribution in [2.45, 2.75) is 45.8 Å². The van der Waals surface area contributed by atoms with Gasteiger partial charge < -0.3 is 25.0 Å². The van der Waals surface area contributed by atoms with E-state index >= 15 is 0 Å². The standard InChI is InChI=1S/C21H33N3O4/c1-6-7-20(25)23-16-8-9-17-18(10-16)28-13-15(3)22-11-14(2)19(27-5)12-24(4)21(17)26/h8-10,14-15,19,22H,6-7,11-13H2,1-5H3,(H,23,25)/t14-,15-,19+/m0/s1. The average molecular weight is 392 g/mol. The SMILES string of the molecule is CCCC(=O)Nc1ccc2c(c1)OC[C@H](C)NC[C@H](C)[C@H](OC)CN(C)C2=O. The molecule has 2 amide bonds. The highest BCUT2D eigenvalue weighted by Gasteiger charge is 2.25. The highest BCUT2D eigenvalue weighted by Crippen LogP contribution is 2.26. The minimum absolute atomic E-state index is 0.0500. The first-order valence-corrected chi connectivity index (χ1v) is 9.94. The fraction of sp³-hybridized carbons (Fsp3) is 0.619. The second-order valence-electron chi connectivity index (χ2n) is 7.57. The van der Waals surface area contributed by atoms with Crippen LogP contribution < -0.4 is 15.4 Å². The van der Waals surface area contributed by atoms with Gasteiger partial charge in [-0.25, -0.2) is 0 Å². The molecule has 0 spiro atoms. The lowest BCUT2D eigenvalue weighted by atomic mass is 10.0. The van der Waals surface area contributed by atoms with Crippen LogP contribution in [0.5, 0.6) is 5.75 Å². The van der Waals surface area contributed by atoms with E-state index in [1.165, 1.54) is 0 Å². The maximum Gasteiger partial charge on any atom is 0.257 e. The van der Waals surface area contributed by atoms with Crippen LogP contribution in [0.15, 0.2) is 18.2 Å². The Morgan fingerprint density at radius 3 is 2.82 bits per heavy atom. The van der Waals surface area contributed by atoms with E-state index in [-0.39, 0.29) is 29.9 Å². The molecule has 7 heteroatoms. The maximum absolute atomic E-state index is 13.0. The first-order chi connectivity index (χ1) is 13.3. The molecule has 0 aromatic heterocycles. The van der Waals surface area contributed by atoms with Crippen molar-refractivity contribution >= 4 is 17.5 Å². The molecule has 0 saturated heterocycles. The molecular formula is C21H33N3O4. The second kappa shape index (κ2) is 10.4. The van der Waals surface area contributed by atoms with E-state index < -0.39 is 0 Å². The summed E-state index contributed by atoms with van der Waals surface area (Å²) in [6.45, 7) is 7.78. The normalized spacial score (nSPS) is 23.8. The zero-order valence-electron chi connectivity index (χ0n) is 17.6. The summed E-state index contributed by atoms with van der Waals surface area (Å²) in [7, 11) is 3.45. The number of amides is 2. The van der Waals surface area contributed by atoms with Gasteiger partial charge in [0.25, 0.3) is 5.91 Å². The first kappa shape index (κ1) is 22.2. The van der Waals surface area contributed by atoms with Gasteiger partial charge in [0, 0.05) is 51.5 Å². The van der Waals surface area contributed by atoms with Crippen molar-refractivity contribution in [1.82, 2.24) is 10.2 Å². The highest BCUT2D eigenvalue weighted by molar-refractivity contribution is 5.98. The minimum atomic E-state index is -0.128. The van der Waals surface area contributed by atoms with Crippen LogP contribution in [0.3, 0.4) is 0 Å². The van der Waals surface area contributed by atoms with Crippen LogP contribution in [-0.4, -0.2) is 62.7 Å². The van der Waals surface area contributed by atoms with Crippen LogP contribution in [-0.2, 0) is 9.53 Å². The predicted octanol–water partition coefficient (Wildman–Crippen LogP) is 2.52. The number of rotatable bonds is 4. The molecule has 0 fully saturated rings. The summed E-state index contributed by atoms with van der Waals surface area (Å²) in [5.74, 6) is 0.544. The summed E-state index contributed by atoms with van der Waals surface area (Å²) in [4.78, 5) is 26.6. The van der Waals surface area contributed by atoms with Crippen molar-refractivity contribution in [2.75, 3.05) is 39.2 Å². The topological polar surface area (TPSA) is 79.9 Å². The molecule has 7 nitrogen and oxygen atoms in total. The Kier molecular flexibility index (Phi) is 8.26. The van der Waals surface area contributed by atoms with Gasteiger partial charge >= 0.3 is 0 Å². The number of hydrogen-bond donors (Lipinski definition) is 2. The Balaban J connectivity index is 2.31. The van der Waals surface area contributed by atoms with Gasteiger partial charge in [-0.3, -0.25) is 9.59 Å². The van der Waals surface area contributed by atoms with E-state index in [2.05, 4.69) is 17.6 Å². The molecule has 1 aliphatic rings. The van der Waals surface area contributed by atoms with Gasteiger partial charge in [-0.2, -0.15) is 0 Å². The van der Waals surface area contributed by atoms with Gasteiger partial charge in [-0.05, 0) is 31.4 Å². The van der Waals surface area contributed by atoms with E-state index in [4.69, 9.17) is 9.47 Å². The van der Waals surface area contributed by atoms with Crippen LogP contribution in [0.2, 0.25) is 0 Å². The number of anilines is 1. The third-order valence-electron chi connectivity index (χ3n) is 4.99. The quantitative estimate of drug-likeness (QED) is 0.824. The van der Waals surface area contributed by atoms with Crippen LogP contribution in [0.4, 0.5) is 5.69 Å². The molecule has 3 atom stereocenters. The van der Waals surface area contributed by atoms with E-state index in [0.717, 1.165) is 13.0 Å². The minimum Gasteiger partial charge on any atom is -0.491 e. The summed E-state index contributed by atoms with van der Waals surface area (Å²) < 4.78 is 11.6. The third-order valence-corrected chi connectivity index (χ3v) is 4.99. The zero-order chi connectivity index (χ0) is 20.7. The molecule has 0 radical (unpaired) electrons. The average Bonchev–Trinajstić information content (AvgIpc) is 2.67. The summed E-state index contributed by atoms with van der Waals surface area (Å²) in [5.41, 5.74) is 1.11. The van der Waals surface area contributed by atoms with Gasteiger partial charge in [0.05, 0.1) is 11.7 Å². The lowest BCUT2D eigenvalue weighted by Crippen LogP contribution is -2.44. The Morgan fingerprint density at radius 1 is 1.39 bits per heavy atom. The molecule has 0 unspecified atom stereocenters. The molecule has 0 bridgehead atoms. The van der Waals surface area contributed by atoms with Crippen molar-refractivity contribution in [1.29, 1.82) is 0 Å². The van der Waals surface area contributed by atoms with Crippen molar-refractivity contribution in [3.63, 3.8) is 0 Å². The van der Waals surface area contributed by atoms with Gasteiger partial charge in [0.15, 0.2) is 0 Å². The molecule has 2 rings (SSSR count). The molecule has 1 aromatic carbocycles. The van der Waals surface area contributed by atoms with Gasteiger partial charge in [0.2, 0.25) is 5.91 Å². The molecule has 2 N–H and O–H groups in total. The Morgan fingerprint density at radius 2 is 2.14 bits per heavy atom. The fourth-order valence-electron chi connectivity index (χ4n) is 3.18. The second-order valence-corrected chi connectivity index (χ2v) is 7.57. The summed E-state index contributed by atoms with van der Waals surface area (Å²) in [5, 5.41) is 6.32. The molecule has 1 aliphatic heterocycles. The number of nitrogens with zero attached hydrogens (tertiary/aromatic N) is 1. The van der Waals surface area contributed by atoms with Gasteiger partial charge in [-0.1, -0.05) is 13.8 Å². The Hall–Kier alpha value is -2.12. The van der Waals surface area contributed by atoms with Gasteiger partial charge in [-0.15, -0.1) is 0 Å². The molecule has 0 aliphatic carbocycles. The molecule has 1 heterocycles. The molecule has 28 heavy (non-hydrogen) atoms. The number of hydrogen-bond acceptors (Lipinski definition) is 5. The van der Waals surface area contributed by atoms with E-state index in [1.54, 1.807) is 37.3 Å². The summed E-state index contributed by atoms with van der Waals surface area (Å²) in [6.07, 6.45) is 1.17. The molecule has 0 saturated carbocycles. The van der Waals surface area contributed by atoms with E-state index in [0.29, 0.717) is 36.6 Å². The van der Waals surface area contributed by atoms with E-state index in [9.17, 15) is 9.59 Å². The number of methoxy groups -OCH3 is 1. The van der Waals surface area contributed by atoms with E-state index in [1.807, 2.05) is 13.8 Å². The number of fused-ring (bicyclic) bond motifs is 1. The molecule has 156 valence electrons. The number of carbonyl (C=O) groups is 2. The van der Waals surface area contributed by atoms with Crippen molar-refractivity contribution in [3.8, 4) is 5.75 Å². The first-order valence-electron chi connectivity index (χ1n) is 9.94. The van der Waals surface area contributed by atoms with Crippen LogP contribution in [0.1, 0.15) is 44.0 Å². The van der Waals surface area contributed by atoms with Crippen LogP contribution in [0, 0.1) is 5.92 Å². The van der Waals surface area contributed by atoms with Crippen LogP contribution >= 0.6 is 0 Å². The number of ether oxygens (including phenoxy) is 2. The number of likely N-dealkylation sites (N-methyl/N-ethyl adjacent to an activating group) is 1. The summed E-state index contributed by atoms with van der Waals surface area (Å²) >= 11 is 0. The summed E-state index contributed by atoms with van der Waals surface area (Å²) in [6, 6.07) is 5.29. The number of benzene rings is 1. The van der Waals surface area contributed by atoms with Crippen molar-refractivity contribution in [3.05, 3.63) is 23.8 Å². The predicted molar refractivity (Wildman–Crippen MR) is 110 cm³/mol. The lowest BCUT2D eigenvalue weighted by molar-refractivity contribution is -0.116. The Labute approximate surface area is 167 Å². The maximum atomic E-state index is 13.0.